The number of amides is 1. The zero-order valence-electron chi connectivity index (χ0n) is 10.4. The maximum absolute atomic E-state index is 11.8. The van der Waals surface area contributed by atoms with Gasteiger partial charge in [-0.25, -0.2) is 0 Å². The van der Waals surface area contributed by atoms with Crippen LogP contribution in [-0.4, -0.2) is 23.0 Å². The first-order chi connectivity index (χ1) is 9.04. The molecule has 0 heterocycles. The van der Waals surface area contributed by atoms with Crippen molar-refractivity contribution in [1.29, 1.82) is 0 Å². The molecule has 19 heavy (non-hydrogen) atoms. The molecule has 0 aromatic heterocycles. The van der Waals surface area contributed by atoms with E-state index in [1.807, 2.05) is 12.1 Å². The van der Waals surface area contributed by atoms with E-state index in [1.54, 1.807) is 12.1 Å². The highest BCUT2D eigenvalue weighted by Crippen LogP contribution is 2.25. The molecule has 1 aromatic rings. The molecule has 0 spiro atoms. The molecule has 102 valence electrons. The lowest BCUT2D eigenvalue weighted by molar-refractivity contribution is -0.141. The largest absolute Gasteiger partial charge is 0.481 e. The van der Waals surface area contributed by atoms with Gasteiger partial charge in [-0.3, -0.25) is 9.59 Å². The summed E-state index contributed by atoms with van der Waals surface area (Å²) in [5, 5.41) is 12.4. The minimum Gasteiger partial charge on any atom is -0.481 e. The van der Waals surface area contributed by atoms with Crippen LogP contribution in [0.5, 0.6) is 0 Å². The molecule has 1 fully saturated rings. The number of rotatable bonds is 4. The van der Waals surface area contributed by atoms with Crippen molar-refractivity contribution in [3.8, 4) is 0 Å². The van der Waals surface area contributed by atoms with Crippen LogP contribution < -0.4 is 5.32 Å². The number of carbonyl (C=O) groups is 2. The summed E-state index contributed by atoms with van der Waals surface area (Å²) in [6.45, 7) is 0. The number of benzene rings is 1. The molecule has 0 unspecified atom stereocenters. The molecule has 2 atom stereocenters. The van der Waals surface area contributed by atoms with Crippen molar-refractivity contribution in [1.82, 2.24) is 5.32 Å². The van der Waals surface area contributed by atoms with E-state index in [1.165, 1.54) is 0 Å². The van der Waals surface area contributed by atoms with Gasteiger partial charge in [-0.1, -0.05) is 23.7 Å². The molecule has 1 aromatic carbocycles. The summed E-state index contributed by atoms with van der Waals surface area (Å²) in [5.74, 6) is -1.16. The summed E-state index contributed by atoms with van der Waals surface area (Å²) in [5.41, 5.74) is 0.898. The molecule has 0 aliphatic heterocycles. The highest BCUT2D eigenvalue weighted by atomic mass is 35.5. The number of hydrogen-bond acceptors (Lipinski definition) is 2. The summed E-state index contributed by atoms with van der Waals surface area (Å²) >= 11 is 5.78. The van der Waals surface area contributed by atoms with Crippen molar-refractivity contribution < 1.29 is 14.7 Å². The Morgan fingerprint density at radius 2 is 1.95 bits per heavy atom. The molecule has 4 nitrogen and oxygen atoms in total. The van der Waals surface area contributed by atoms with Crippen LogP contribution in [0.2, 0.25) is 5.02 Å². The van der Waals surface area contributed by atoms with Gasteiger partial charge >= 0.3 is 5.97 Å². The van der Waals surface area contributed by atoms with Gasteiger partial charge in [0.05, 0.1) is 12.3 Å². The summed E-state index contributed by atoms with van der Waals surface area (Å²) in [4.78, 5) is 22.7. The Kier molecular flexibility index (Phi) is 4.43. The van der Waals surface area contributed by atoms with Gasteiger partial charge in [0.2, 0.25) is 5.91 Å². The number of carbonyl (C=O) groups excluding carboxylic acids is 1. The summed E-state index contributed by atoms with van der Waals surface area (Å²) in [7, 11) is 0. The molecular formula is C14H16ClNO3. The second-order valence-electron chi connectivity index (χ2n) is 4.92. The fourth-order valence-electron chi connectivity index (χ4n) is 2.40. The van der Waals surface area contributed by atoms with Gasteiger partial charge in [0, 0.05) is 11.1 Å². The lowest BCUT2D eigenvalue weighted by atomic mass is 10.1. The van der Waals surface area contributed by atoms with Crippen molar-refractivity contribution in [3.05, 3.63) is 34.9 Å². The Hall–Kier alpha value is -1.55. The molecular weight excluding hydrogens is 266 g/mol. The second kappa shape index (κ2) is 6.06. The van der Waals surface area contributed by atoms with E-state index in [-0.39, 0.29) is 17.9 Å². The van der Waals surface area contributed by atoms with E-state index in [9.17, 15) is 9.59 Å². The molecule has 1 aliphatic rings. The van der Waals surface area contributed by atoms with Crippen molar-refractivity contribution >= 4 is 23.5 Å². The first-order valence-corrected chi connectivity index (χ1v) is 6.69. The molecule has 5 heteroatoms. The van der Waals surface area contributed by atoms with Crippen LogP contribution in [0.3, 0.4) is 0 Å². The fourth-order valence-corrected chi connectivity index (χ4v) is 2.53. The van der Waals surface area contributed by atoms with Gasteiger partial charge in [-0.15, -0.1) is 0 Å². The minimum absolute atomic E-state index is 0.0131. The van der Waals surface area contributed by atoms with E-state index in [4.69, 9.17) is 16.7 Å². The fraction of sp³-hybridized carbons (Fsp3) is 0.429. The van der Waals surface area contributed by atoms with Crippen LogP contribution in [-0.2, 0) is 16.0 Å². The summed E-state index contributed by atoms with van der Waals surface area (Å²) in [6, 6.07) is 7.12. The lowest BCUT2D eigenvalue weighted by Gasteiger charge is -2.12. The second-order valence-corrected chi connectivity index (χ2v) is 5.35. The number of carboxylic acids is 1. The van der Waals surface area contributed by atoms with Crippen LogP contribution in [0, 0.1) is 5.92 Å². The molecule has 0 bridgehead atoms. The first kappa shape index (κ1) is 13.9. The quantitative estimate of drug-likeness (QED) is 0.889. The Bertz CT molecular complexity index is 472. The van der Waals surface area contributed by atoms with E-state index >= 15 is 0 Å². The van der Waals surface area contributed by atoms with E-state index in [2.05, 4.69) is 5.32 Å². The number of aliphatic carboxylic acids is 1. The topological polar surface area (TPSA) is 66.4 Å². The van der Waals surface area contributed by atoms with Crippen molar-refractivity contribution in [2.24, 2.45) is 5.92 Å². The summed E-state index contributed by atoms with van der Waals surface area (Å²) in [6.07, 6.45) is 2.21. The Morgan fingerprint density at radius 1 is 1.26 bits per heavy atom. The maximum Gasteiger partial charge on any atom is 0.306 e. The Balaban J connectivity index is 1.82. The van der Waals surface area contributed by atoms with Crippen molar-refractivity contribution in [2.45, 2.75) is 31.7 Å². The molecule has 1 saturated carbocycles. The third-order valence-corrected chi connectivity index (χ3v) is 3.68. The highest BCUT2D eigenvalue weighted by Gasteiger charge is 2.30. The van der Waals surface area contributed by atoms with Crippen LogP contribution in [0.25, 0.3) is 0 Å². The molecule has 2 rings (SSSR count). The molecule has 1 aliphatic carbocycles. The van der Waals surface area contributed by atoms with Crippen LogP contribution in [0.4, 0.5) is 0 Å². The van der Waals surface area contributed by atoms with E-state index < -0.39 is 5.97 Å². The zero-order valence-corrected chi connectivity index (χ0v) is 11.2. The van der Waals surface area contributed by atoms with Crippen LogP contribution >= 0.6 is 11.6 Å². The highest BCUT2D eigenvalue weighted by molar-refractivity contribution is 6.30. The standard InChI is InChI=1S/C14H16ClNO3/c15-11-4-1-9(2-5-11)7-13(17)16-12-6-3-10(8-12)14(18)19/h1-2,4-5,10,12H,3,6-8H2,(H,16,17)(H,18,19)/t10-,12+/m1/s1. The van der Waals surface area contributed by atoms with E-state index in [0.29, 0.717) is 24.3 Å². The Labute approximate surface area is 116 Å². The van der Waals surface area contributed by atoms with E-state index in [0.717, 1.165) is 12.0 Å². The molecule has 0 radical (unpaired) electrons. The number of carboxylic acid groups (broad SMARTS) is 1. The number of hydrogen-bond donors (Lipinski definition) is 2. The third-order valence-electron chi connectivity index (χ3n) is 3.42. The number of nitrogens with one attached hydrogen (secondary N) is 1. The van der Waals surface area contributed by atoms with Crippen LogP contribution in [0.1, 0.15) is 24.8 Å². The predicted octanol–water partition coefficient (Wildman–Crippen LogP) is 2.25. The predicted molar refractivity (Wildman–Crippen MR) is 72.1 cm³/mol. The molecule has 2 N–H and O–H groups in total. The van der Waals surface area contributed by atoms with Gasteiger partial charge in [-0.2, -0.15) is 0 Å². The zero-order chi connectivity index (χ0) is 13.8. The normalized spacial score (nSPS) is 22.2. The van der Waals surface area contributed by atoms with Gasteiger partial charge in [0.15, 0.2) is 0 Å². The first-order valence-electron chi connectivity index (χ1n) is 6.31. The average molecular weight is 282 g/mol. The number of halogens is 1. The summed E-state index contributed by atoms with van der Waals surface area (Å²) < 4.78 is 0. The molecule has 1 amide bonds. The SMILES string of the molecule is O=C(Cc1ccc(Cl)cc1)N[C@H]1CC[C@@H](C(=O)O)C1. The van der Waals surface area contributed by atoms with Crippen molar-refractivity contribution in [2.75, 3.05) is 0 Å². The van der Waals surface area contributed by atoms with Gasteiger partial charge < -0.3 is 10.4 Å². The monoisotopic (exact) mass is 281 g/mol. The van der Waals surface area contributed by atoms with Gasteiger partial charge in [-0.05, 0) is 37.0 Å². The van der Waals surface area contributed by atoms with Crippen LogP contribution in [0.15, 0.2) is 24.3 Å². The van der Waals surface area contributed by atoms with Gasteiger partial charge in [0.25, 0.3) is 0 Å². The smallest absolute Gasteiger partial charge is 0.306 e. The lowest BCUT2D eigenvalue weighted by Crippen LogP contribution is -2.34. The minimum atomic E-state index is -0.769. The van der Waals surface area contributed by atoms with Crippen molar-refractivity contribution in [3.63, 3.8) is 0 Å². The average Bonchev–Trinajstić information content (AvgIpc) is 2.80. The van der Waals surface area contributed by atoms with Gasteiger partial charge in [0.1, 0.15) is 0 Å². The third kappa shape index (κ3) is 3.96. The Morgan fingerprint density at radius 3 is 2.53 bits per heavy atom. The maximum atomic E-state index is 11.8. The molecule has 0 saturated heterocycles.